The normalized spacial score (nSPS) is 17.9. The smallest absolute Gasteiger partial charge is 0.170 e. The zero-order valence-corrected chi connectivity index (χ0v) is 10.5. The van der Waals surface area contributed by atoms with Crippen LogP contribution in [0.15, 0.2) is 29.4 Å². The zero-order valence-electron chi connectivity index (χ0n) is 10.5. The van der Waals surface area contributed by atoms with Gasteiger partial charge in [-0.3, -0.25) is 0 Å². The van der Waals surface area contributed by atoms with Gasteiger partial charge in [-0.25, -0.2) is 0 Å². The lowest BCUT2D eigenvalue weighted by atomic mass is 9.98. The van der Waals surface area contributed by atoms with Gasteiger partial charge in [-0.05, 0) is 24.5 Å². The molecule has 1 aromatic rings. The predicted molar refractivity (Wildman–Crippen MR) is 70.6 cm³/mol. The van der Waals surface area contributed by atoms with Crippen LogP contribution in [0, 0.1) is 0 Å². The van der Waals surface area contributed by atoms with E-state index in [0.29, 0.717) is 12.7 Å². The van der Waals surface area contributed by atoms with Gasteiger partial charge in [-0.2, -0.15) is 0 Å². The van der Waals surface area contributed by atoms with Gasteiger partial charge in [-0.1, -0.05) is 42.6 Å². The number of hydrogen-bond acceptors (Lipinski definition) is 3. The summed E-state index contributed by atoms with van der Waals surface area (Å²) >= 11 is 0. The molecule has 1 aliphatic rings. The molecule has 1 aliphatic carbocycles. The summed E-state index contributed by atoms with van der Waals surface area (Å²) in [4.78, 5) is 0. The Labute approximate surface area is 107 Å². The van der Waals surface area contributed by atoms with Gasteiger partial charge in [0.2, 0.25) is 0 Å². The number of oxime groups is 1. The van der Waals surface area contributed by atoms with Crippen LogP contribution in [0.1, 0.15) is 43.2 Å². The molecule has 1 aromatic carbocycles. The number of rotatable bonds is 4. The van der Waals surface area contributed by atoms with Crippen molar-refractivity contribution in [2.75, 3.05) is 0 Å². The number of amidine groups is 1. The molecule has 4 nitrogen and oxygen atoms in total. The second-order valence-corrected chi connectivity index (χ2v) is 4.76. The summed E-state index contributed by atoms with van der Waals surface area (Å²) in [5.74, 6) is 0.134. The highest BCUT2D eigenvalue weighted by molar-refractivity contribution is 5.97. The van der Waals surface area contributed by atoms with Crippen molar-refractivity contribution >= 4 is 5.84 Å². The van der Waals surface area contributed by atoms with Crippen molar-refractivity contribution in [3.05, 3.63) is 35.4 Å². The van der Waals surface area contributed by atoms with Crippen LogP contribution in [0.2, 0.25) is 0 Å². The van der Waals surface area contributed by atoms with E-state index in [0.717, 1.165) is 11.1 Å². The second-order valence-electron chi connectivity index (χ2n) is 4.76. The molecule has 4 heteroatoms. The predicted octanol–water partition coefficient (Wildman–Crippen LogP) is 2.63. The fourth-order valence-corrected chi connectivity index (χ4v) is 2.32. The van der Waals surface area contributed by atoms with Crippen LogP contribution >= 0.6 is 0 Å². The number of nitrogens with zero attached hydrogens (tertiary/aromatic N) is 1. The maximum absolute atomic E-state index is 8.64. The molecule has 3 N–H and O–H groups in total. The topological polar surface area (TPSA) is 67.8 Å². The monoisotopic (exact) mass is 248 g/mol. The Morgan fingerprint density at radius 3 is 2.83 bits per heavy atom. The molecule has 0 amide bonds. The molecule has 98 valence electrons. The maximum Gasteiger partial charge on any atom is 0.170 e. The van der Waals surface area contributed by atoms with Crippen LogP contribution in [0.5, 0.6) is 0 Å². The molecule has 0 radical (unpaired) electrons. The van der Waals surface area contributed by atoms with E-state index in [1.54, 1.807) is 0 Å². The molecule has 1 fully saturated rings. The first-order valence-electron chi connectivity index (χ1n) is 6.48. The lowest BCUT2D eigenvalue weighted by Crippen LogP contribution is -2.17. The molecule has 0 aromatic heterocycles. The van der Waals surface area contributed by atoms with Crippen LogP contribution in [-0.2, 0) is 11.3 Å². The van der Waals surface area contributed by atoms with E-state index >= 15 is 0 Å². The van der Waals surface area contributed by atoms with E-state index < -0.39 is 0 Å². The van der Waals surface area contributed by atoms with Gasteiger partial charge in [0.1, 0.15) is 0 Å². The number of nitrogens with two attached hydrogens (primary N) is 1. The molecule has 0 atom stereocenters. The summed E-state index contributed by atoms with van der Waals surface area (Å²) in [7, 11) is 0. The van der Waals surface area contributed by atoms with E-state index in [1.165, 1.54) is 32.1 Å². The number of benzene rings is 1. The van der Waals surface area contributed by atoms with Gasteiger partial charge in [0.15, 0.2) is 5.84 Å². The fourth-order valence-electron chi connectivity index (χ4n) is 2.32. The highest BCUT2D eigenvalue weighted by atomic mass is 16.5. The summed E-state index contributed by atoms with van der Waals surface area (Å²) in [5.41, 5.74) is 7.35. The molecule has 18 heavy (non-hydrogen) atoms. The molecule has 1 saturated carbocycles. The Morgan fingerprint density at radius 2 is 2.11 bits per heavy atom. The minimum Gasteiger partial charge on any atom is -0.409 e. The van der Waals surface area contributed by atoms with Gasteiger partial charge in [0.05, 0.1) is 12.7 Å². The highest BCUT2D eigenvalue weighted by Crippen LogP contribution is 2.21. The van der Waals surface area contributed by atoms with E-state index in [4.69, 9.17) is 15.7 Å². The minimum absolute atomic E-state index is 0.134. The quantitative estimate of drug-likeness (QED) is 0.372. The van der Waals surface area contributed by atoms with Crippen LogP contribution < -0.4 is 5.73 Å². The van der Waals surface area contributed by atoms with Crippen LogP contribution in [-0.4, -0.2) is 17.1 Å². The first-order chi connectivity index (χ1) is 8.79. The zero-order chi connectivity index (χ0) is 12.8. The molecule has 0 bridgehead atoms. The third kappa shape index (κ3) is 3.47. The van der Waals surface area contributed by atoms with Gasteiger partial charge >= 0.3 is 0 Å². The van der Waals surface area contributed by atoms with Crippen molar-refractivity contribution in [3.8, 4) is 0 Å². The number of hydrogen-bond donors (Lipinski definition) is 2. The molecule has 2 rings (SSSR count). The van der Waals surface area contributed by atoms with Gasteiger partial charge in [0.25, 0.3) is 0 Å². The Hall–Kier alpha value is -1.55. The molecular weight excluding hydrogens is 228 g/mol. The third-order valence-electron chi connectivity index (χ3n) is 3.37. The third-order valence-corrected chi connectivity index (χ3v) is 3.37. The Bertz CT molecular complexity index is 412. The van der Waals surface area contributed by atoms with Gasteiger partial charge < -0.3 is 15.7 Å². The average molecular weight is 248 g/mol. The maximum atomic E-state index is 8.64. The van der Waals surface area contributed by atoms with Crippen molar-refractivity contribution in [3.63, 3.8) is 0 Å². The summed E-state index contributed by atoms with van der Waals surface area (Å²) in [6, 6.07) is 7.61. The molecule has 0 aliphatic heterocycles. The lowest BCUT2D eigenvalue weighted by Gasteiger charge is -2.22. The van der Waals surface area contributed by atoms with E-state index in [9.17, 15) is 0 Å². The summed E-state index contributed by atoms with van der Waals surface area (Å²) in [5, 5.41) is 11.6. The Morgan fingerprint density at radius 1 is 1.33 bits per heavy atom. The minimum atomic E-state index is 0.134. The van der Waals surface area contributed by atoms with Crippen LogP contribution in [0.4, 0.5) is 0 Å². The van der Waals surface area contributed by atoms with Crippen LogP contribution in [0.3, 0.4) is 0 Å². The molecule has 0 saturated heterocycles. The average Bonchev–Trinajstić information content (AvgIpc) is 2.45. The summed E-state index contributed by atoms with van der Waals surface area (Å²) < 4.78 is 5.89. The molecule has 0 unspecified atom stereocenters. The molecule has 0 spiro atoms. The Balaban J connectivity index is 1.92. The van der Waals surface area contributed by atoms with E-state index in [-0.39, 0.29) is 5.84 Å². The van der Waals surface area contributed by atoms with Crippen molar-refractivity contribution < 1.29 is 9.94 Å². The van der Waals surface area contributed by atoms with E-state index in [1.807, 2.05) is 24.3 Å². The second kappa shape index (κ2) is 6.40. The van der Waals surface area contributed by atoms with Gasteiger partial charge in [0, 0.05) is 5.56 Å². The Kier molecular flexibility index (Phi) is 4.59. The standard InChI is InChI=1S/C14H20N2O2/c15-14(16-17)12-6-4-5-11(9-12)10-18-13-7-2-1-3-8-13/h4-6,9,13,17H,1-3,7-8,10H2,(H2,15,16). The summed E-state index contributed by atoms with van der Waals surface area (Å²) in [6.45, 7) is 0.594. The SMILES string of the molecule is N/C(=N\O)c1cccc(COC2CCCCC2)c1. The largest absolute Gasteiger partial charge is 0.409 e. The fraction of sp³-hybridized carbons (Fsp3) is 0.500. The summed E-state index contributed by atoms with van der Waals surface area (Å²) in [6.07, 6.45) is 6.61. The first kappa shape index (κ1) is 12.9. The van der Waals surface area contributed by atoms with Gasteiger partial charge in [-0.15, -0.1) is 0 Å². The van der Waals surface area contributed by atoms with Crippen molar-refractivity contribution in [1.82, 2.24) is 0 Å². The first-order valence-corrected chi connectivity index (χ1v) is 6.48. The van der Waals surface area contributed by atoms with E-state index in [2.05, 4.69) is 5.16 Å². The van der Waals surface area contributed by atoms with Crippen molar-refractivity contribution in [2.45, 2.75) is 44.8 Å². The molecule has 0 heterocycles. The number of ether oxygens (including phenoxy) is 1. The van der Waals surface area contributed by atoms with Crippen LogP contribution in [0.25, 0.3) is 0 Å². The van der Waals surface area contributed by atoms with Crippen molar-refractivity contribution in [1.29, 1.82) is 0 Å². The highest BCUT2D eigenvalue weighted by Gasteiger charge is 2.13. The lowest BCUT2D eigenvalue weighted by molar-refractivity contribution is 0.0168. The van der Waals surface area contributed by atoms with Crippen molar-refractivity contribution in [2.24, 2.45) is 10.9 Å². The molecular formula is C14H20N2O2.